The minimum absolute atomic E-state index is 0.738. The topological polar surface area (TPSA) is 43.8 Å². The zero-order valence-corrected chi connectivity index (χ0v) is 15.2. The van der Waals surface area contributed by atoms with Gasteiger partial charge in [-0.2, -0.15) is 0 Å². The van der Waals surface area contributed by atoms with E-state index in [1.54, 1.807) is 11.3 Å². The van der Waals surface area contributed by atoms with E-state index in [4.69, 9.17) is 0 Å². The number of hydrogen-bond donors (Lipinski definition) is 1. The first-order valence-electron chi connectivity index (χ1n) is 8.49. The van der Waals surface area contributed by atoms with Crippen LogP contribution in [0.2, 0.25) is 0 Å². The number of nitrogens with one attached hydrogen (secondary N) is 1. The number of guanidine groups is 1. The molecule has 0 radical (unpaired) electrons. The molecule has 24 heavy (non-hydrogen) atoms. The van der Waals surface area contributed by atoms with E-state index >= 15 is 0 Å². The van der Waals surface area contributed by atoms with Gasteiger partial charge in [-0.3, -0.25) is 4.99 Å². The molecule has 0 unspecified atom stereocenters. The van der Waals surface area contributed by atoms with Crippen molar-refractivity contribution in [2.75, 3.05) is 38.1 Å². The van der Waals surface area contributed by atoms with Gasteiger partial charge in [0.25, 0.3) is 0 Å². The van der Waals surface area contributed by atoms with E-state index in [0.29, 0.717) is 0 Å². The van der Waals surface area contributed by atoms with Crippen LogP contribution in [-0.4, -0.2) is 49.1 Å². The van der Waals surface area contributed by atoms with Gasteiger partial charge in [0.2, 0.25) is 0 Å². The molecule has 2 heterocycles. The highest BCUT2D eigenvalue weighted by Gasteiger charge is 2.19. The first-order chi connectivity index (χ1) is 11.8. The molecule has 2 aromatic rings. The molecule has 1 N–H and O–H groups in total. The SMILES string of the molecule is CCc1nc(CNC(=NC)N2CCN(c3ccccc3)CC2)cs1. The van der Waals surface area contributed by atoms with E-state index in [9.17, 15) is 0 Å². The molecule has 1 aliphatic heterocycles. The van der Waals surface area contributed by atoms with Crippen LogP contribution in [0.1, 0.15) is 17.6 Å². The van der Waals surface area contributed by atoms with Gasteiger partial charge >= 0.3 is 0 Å². The fraction of sp³-hybridized carbons (Fsp3) is 0.444. The first kappa shape index (κ1) is 16.8. The minimum Gasteiger partial charge on any atom is -0.368 e. The second kappa shape index (κ2) is 8.15. The highest BCUT2D eigenvalue weighted by Crippen LogP contribution is 2.15. The Morgan fingerprint density at radius 3 is 2.58 bits per heavy atom. The van der Waals surface area contributed by atoms with Crippen LogP contribution in [0.5, 0.6) is 0 Å². The molecule has 1 saturated heterocycles. The lowest BCUT2D eigenvalue weighted by molar-refractivity contribution is 0.372. The highest BCUT2D eigenvalue weighted by molar-refractivity contribution is 7.09. The summed E-state index contributed by atoms with van der Waals surface area (Å²) < 4.78 is 0. The lowest BCUT2D eigenvalue weighted by atomic mass is 10.2. The predicted octanol–water partition coefficient (Wildman–Crippen LogP) is 2.60. The fourth-order valence-electron chi connectivity index (χ4n) is 2.91. The molecular formula is C18H25N5S. The summed E-state index contributed by atoms with van der Waals surface area (Å²) in [5.74, 6) is 0.966. The number of aryl methyl sites for hydroxylation is 1. The number of hydrogen-bond acceptors (Lipinski definition) is 4. The number of para-hydroxylation sites is 1. The highest BCUT2D eigenvalue weighted by atomic mass is 32.1. The van der Waals surface area contributed by atoms with Crippen molar-refractivity contribution in [2.45, 2.75) is 19.9 Å². The van der Waals surface area contributed by atoms with Crippen LogP contribution in [-0.2, 0) is 13.0 Å². The third-order valence-electron chi connectivity index (χ3n) is 4.24. The van der Waals surface area contributed by atoms with Gasteiger partial charge in [-0.15, -0.1) is 11.3 Å². The van der Waals surface area contributed by atoms with Crippen LogP contribution in [0.4, 0.5) is 5.69 Å². The van der Waals surface area contributed by atoms with Crippen LogP contribution in [0.15, 0.2) is 40.7 Å². The molecule has 6 heteroatoms. The van der Waals surface area contributed by atoms with E-state index in [1.165, 1.54) is 10.7 Å². The van der Waals surface area contributed by atoms with Crippen molar-refractivity contribution in [1.82, 2.24) is 15.2 Å². The number of thiazole rings is 1. The Bertz CT molecular complexity index is 659. The summed E-state index contributed by atoms with van der Waals surface area (Å²) in [4.78, 5) is 13.8. The van der Waals surface area contributed by atoms with Crippen LogP contribution < -0.4 is 10.2 Å². The second-order valence-electron chi connectivity index (χ2n) is 5.80. The van der Waals surface area contributed by atoms with Gasteiger partial charge in [0, 0.05) is 44.3 Å². The van der Waals surface area contributed by atoms with Gasteiger partial charge in [0.05, 0.1) is 17.2 Å². The smallest absolute Gasteiger partial charge is 0.194 e. The monoisotopic (exact) mass is 343 g/mol. The number of nitrogens with zero attached hydrogens (tertiary/aromatic N) is 4. The van der Waals surface area contributed by atoms with Crippen molar-refractivity contribution in [3.05, 3.63) is 46.4 Å². The van der Waals surface area contributed by atoms with Crippen molar-refractivity contribution in [1.29, 1.82) is 0 Å². The maximum Gasteiger partial charge on any atom is 0.194 e. The molecule has 0 aliphatic carbocycles. The Labute approximate surface area is 148 Å². The molecule has 0 atom stereocenters. The normalized spacial score (nSPS) is 15.7. The minimum atomic E-state index is 0.738. The number of benzene rings is 1. The van der Waals surface area contributed by atoms with Crippen LogP contribution >= 0.6 is 11.3 Å². The largest absolute Gasteiger partial charge is 0.368 e. The number of anilines is 1. The average Bonchev–Trinajstić information content (AvgIpc) is 3.12. The number of aromatic nitrogens is 1. The van der Waals surface area contributed by atoms with Gasteiger partial charge in [-0.05, 0) is 18.6 Å². The summed E-state index contributed by atoms with van der Waals surface area (Å²) in [6, 6.07) is 10.6. The zero-order valence-electron chi connectivity index (χ0n) is 14.4. The molecule has 3 rings (SSSR count). The standard InChI is InChI=1S/C18H25N5S/c1-3-17-21-15(14-24-17)13-20-18(19-2)23-11-9-22(10-12-23)16-7-5-4-6-8-16/h4-8,14H,3,9-13H2,1-2H3,(H,19,20). The summed E-state index contributed by atoms with van der Waals surface area (Å²) in [7, 11) is 1.85. The van der Waals surface area contributed by atoms with Gasteiger partial charge < -0.3 is 15.1 Å². The lowest BCUT2D eigenvalue weighted by Crippen LogP contribution is -2.52. The van der Waals surface area contributed by atoms with Crippen molar-refractivity contribution in [2.24, 2.45) is 4.99 Å². The summed E-state index contributed by atoms with van der Waals surface area (Å²) >= 11 is 1.73. The maximum atomic E-state index is 4.61. The second-order valence-corrected chi connectivity index (χ2v) is 6.74. The lowest BCUT2D eigenvalue weighted by Gasteiger charge is -2.37. The van der Waals surface area contributed by atoms with E-state index in [0.717, 1.165) is 50.8 Å². The van der Waals surface area contributed by atoms with Gasteiger partial charge in [-0.1, -0.05) is 25.1 Å². The van der Waals surface area contributed by atoms with Crippen LogP contribution in [0.25, 0.3) is 0 Å². The number of piperazine rings is 1. The molecular weight excluding hydrogens is 318 g/mol. The Kier molecular flexibility index (Phi) is 5.69. The Hall–Kier alpha value is -2.08. The van der Waals surface area contributed by atoms with E-state index in [2.05, 4.69) is 67.7 Å². The molecule has 1 aromatic carbocycles. The summed E-state index contributed by atoms with van der Waals surface area (Å²) in [5.41, 5.74) is 2.40. The molecule has 128 valence electrons. The number of aliphatic imine (C=N–C) groups is 1. The molecule has 0 spiro atoms. The maximum absolute atomic E-state index is 4.61. The molecule has 1 aromatic heterocycles. The van der Waals surface area contributed by atoms with Crippen LogP contribution in [0.3, 0.4) is 0 Å². The van der Waals surface area contributed by atoms with Gasteiger partial charge in [-0.25, -0.2) is 4.98 Å². The molecule has 0 bridgehead atoms. The molecule has 0 saturated carbocycles. The molecule has 1 aliphatic rings. The first-order valence-corrected chi connectivity index (χ1v) is 9.37. The van der Waals surface area contributed by atoms with Crippen molar-refractivity contribution >= 4 is 23.0 Å². The van der Waals surface area contributed by atoms with E-state index < -0.39 is 0 Å². The Morgan fingerprint density at radius 1 is 1.21 bits per heavy atom. The third kappa shape index (κ3) is 4.06. The van der Waals surface area contributed by atoms with Crippen molar-refractivity contribution in [3.8, 4) is 0 Å². The summed E-state index contributed by atoms with van der Waals surface area (Å²) in [6.45, 7) is 6.86. The molecule has 0 amide bonds. The zero-order chi connectivity index (χ0) is 16.8. The summed E-state index contributed by atoms with van der Waals surface area (Å²) in [5, 5.41) is 6.77. The van der Waals surface area contributed by atoms with Gasteiger partial charge in [0.1, 0.15) is 0 Å². The Morgan fingerprint density at radius 2 is 1.96 bits per heavy atom. The van der Waals surface area contributed by atoms with E-state index in [-0.39, 0.29) is 0 Å². The summed E-state index contributed by atoms with van der Waals surface area (Å²) in [6.07, 6.45) is 1.00. The average molecular weight is 344 g/mol. The fourth-order valence-corrected chi connectivity index (χ4v) is 3.65. The van der Waals surface area contributed by atoms with Crippen molar-refractivity contribution < 1.29 is 0 Å². The molecule has 5 nitrogen and oxygen atoms in total. The predicted molar refractivity (Wildman–Crippen MR) is 102 cm³/mol. The molecule has 1 fully saturated rings. The van der Waals surface area contributed by atoms with Crippen LogP contribution in [0, 0.1) is 0 Å². The van der Waals surface area contributed by atoms with Crippen molar-refractivity contribution in [3.63, 3.8) is 0 Å². The van der Waals surface area contributed by atoms with Gasteiger partial charge in [0.15, 0.2) is 5.96 Å². The quantitative estimate of drug-likeness (QED) is 0.685. The Balaban J connectivity index is 1.52. The number of rotatable bonds is 4. The third-order valence-corrected chi connectivity index (χ3v) is 5.28. The van der Waals surface area contributed by atoms with E-state index in [1.807, 2.05) is 7.05 Å².